The minimum Gasteiger partial charge on any atom is -0.324 e. The van der Waals surface area contributed by atoms with Crippen LogP contribution in [0.2, 0.25) is 5.02 Å². The zero-order chi connectivity index (χ0) is 26.5. The summed E-state index contributed by atoms with van der Waals surface area (Å²) >= 11 is 5.62. The SMILES string of the molecule is Cc1nc(CC(C)CC#N)nc(Nc2cc(NC(=O)Nc3ccc(Cl)c(C(F)(F)F)c3)ccc2C)n1. The summed E-state index contributed by atoms with van der Waals surface area (Å²) in [5.74, 6) is 1.47. The summed E-state index contributed by atoms with van der Waals surface area (Å²) in [6.45, 7) is 5.53. The molecule has 0 saturated carbocycles. The molecule has 1 atom stereocenters. The van der Waals surface area contributed by atoms with Crippen molar-refractivity contribution in [3.05, 3.63) is 64.2 Å². The third-order valence-electron chi connectivity index (χ3n) is 5.04. The van der Waals surface area contributed by atoms with Gasteiger partial charge in [0.1, 0.15) is 11.6 Å². The van der Waals surface area contributed by atoms with Gasteiger partial charge >= 0.3 is 12.2 Å². The van der Waals surface area contributed by atoms with Crippen LogP contribution in [0.4, 0.5) is 41.0 Å². The van der Waals surface area contributed by atoms with E-state index in [0.717, 1.165) is 17.7 Å². The number of hydrogen-bond donors (Lipinski definition) is 3. The van der Waals surface area contributed by atoms with Gasteiger partial charge in [-0.15, -0.1) is 0 Å². The van der Waals surface area contributed by atoms with E-state index in [1.165, 1.54) is 6.07 Å². The van der Waals surface area contributed by atoms with Crippen molar-refractivity contribution in [3.8, 4) is 6.07 Å². The lowest BCUT2D eigenvalue weighted by molar-refractivity contribution is -0.137. The summed E-state index contributed by atoms with van der Waals surface area (Å²) < 4.78 is 39.2. The highest BCUT2D eigenvalue weighted by Crippen LogP contribution is 2.36. The molecule has 0 aliphatic rings. The minimum atomic E-state index is -4.65. The Morgan fingerprint density at radius 1 is 1.08 bits per heavy atom. The summed E-state index contributed by atoms with van der Waals surface area (Å²) in [7, 11) is 0. The predicted molar refractivity (Wildman–Crippen MR) is 131 cm³/mol. The number of aromatic nitrogens is 3. The topological polar surface area (TPSA) is 116 Å². The summed E-state index contributed by atoms with van der Waals surface area (Å²) in [4.78, 5) is 25.5. The molecule has 0 bridgehead atoms. The van der Waals surface area contributed by atoms with Crippen LogP contribution in [-0.2, 0) is 12.6 Å². The molecule has 0 fully saturated rings. The molecule has 2 aromatic carbocycles. The van der Waals surface area contributed by atoms with Crippen molar-refractivity contribution >= 4 is 40.6 Å². The number of nitrogens with zero attached hydrogens (tertiary/aromatic N) is 4. The van der Waals surface area contributed by atoms with Gasteiger partial charge in [-0.2, -0.15) is 28.4 Å². The summed E-state index contributed by atoms with van der Waals surface area (Å²) in [6, 6.07) is 9.56. The zero-order valence-corrected chi connectivity index (χ0v) is 20.4. The molecule has 3 rings (SSSR count). The second kappa shape index (κ2) is 11.2. The third-order valence-corrected chi connectivity index (χ3v) is 5.37. The molecule has 0 aliphatic carbocycles. The van der Waals surface area contributed by atoms with Gasteiger partial charge in [-0.05, 0) is 55.7 Å². The lowest BCUT2D eigenvalue weighted by Crippen LogP contribution is -2.20. The second-order valence-corrected chi connectivity index (χ2v) is 8.63. The van der Waals surface area contributed by atoms with Crippen LogP contribution < -0.4 is 16.0 Å². The fourth-order valence-corrected chi connectivity index (χ4v) is 3.52. The largest absolute Gasteiger partial charge is 0.417 e. The highest BCUT2D eigenvalue weighted by Gasteiger charge is 2.33. The molecule has 2 amide bonds. The summed E-state index contributed by atoms with van der Waals surface area (Å²) in [6.07, 6.45) is -3.74. The fraction of sp³-hybridized carbons (Fsp3) is 0.292. The number of carbonyl (C=O) groups excluding carboxylic acids is 1. The number of aryl methyl sites for hydroxylation is 2. The van der Waals surface area contributed by atoms with Gasteiger partial charge < -0.3 is 16.0 Å². The van der Waals surface area contributed by atoms with Crippen LogP contribution >= 0.6 is 11.6 Å². The molecule has 12 heteroatoms. The lowest BCUT2D eigenvalue weighted by atomic mass is 10.0. The van der Waals surface area contributed by atoms with Crippen LogP contribution in [0.25, 0.3) is 0 Å². The Labute approximate surface area is 210 Å². The van der Waals surface area contributed by atoms with E-state index in [4.69, 9.17) is 16.9 Å². The quantitative estimate of drug-likeness (QED) is 0.323. The zero-order valence-electron chi connectivity index (χ0n) is 19.7. The fourth-order valence-electron chi connectivity index (χ4n) is 3.29. The maximum absolute atomic E-state index is 13.1. The Balaban J connectivity index is 1.73. The summed E-state index contributed by atoms with van der Waals surface area (Å²) in [5.41, 5.74) is 0.733. The van der Waals surface area contributed by atoms with Gasteiger partial charge in [-0.3, -0.25) is 0 Å². The van der Waals surface area contributed by atoms with Crippen LogP contribution in [0.1, 0.15) is 36.1 Å². The molecule has 0 radical (unpaired) electrons. The Morgan fingerprint density at radius 3 is 2.42 bits per heavy atom. The van der Waals surface area contributed by atoms with Crippen molar-refractivity contribution in [1.29, 1.82) is 5.26 Å². The number of carbonyl (C=O) groups is 1. The molecule has 3 N–H and O–H groups in total. The van der Waals surface area contributed by atoms with Crippen molar-refractivity contribution in [1.82, 2.24) is 15.0 Å². The number of benzene rings is 2. The molecule has 0 spiro atoms. The van der Waals surface area contributed by atoms with Gasteiger partial charge in [0.15, 0.2) is 0 Å². The molecule has 1 unspecified atom stereocenters. The van der Waals surface area contributed by atoms with Crippen LogP contribution in [0.5, 0.6) is 0 Å². The normalized spacial score (nSPS) is 11.9. The number of nitriles is 1. The van der Waals surface area contributed by atoms with E-state index in [1.54, 1.807) is 25.1 Å². The van der Waals surface area contributed by atoms with Gasteiger partial charge in [0.2, 0.25) is 5.95 Å². The maximum atomic E-state index is 13.1. The lowest BCUT2D eigenvalue weighted by Gasteiger charge is -2.14. The molecule has 1 heterocycles. The molecule has 1 aromatic heterocycles. The van der Waals surface area contributed by atoms with Crippen molar-refractivity contribution in [2.24, 2.45) is 5.92 Å². The third kappa shape index (κ3) is 7.29. The predicted octanol–water partition coefficient (Wildman–Crippen LogP) is 6.64. The number of nitrogens with one attached hydrogen (secondary N) is 3. The van der Waals surface area contributed by atoms with Gasteiger partial charge in [0.25, 0.3) is 0 Å². The Bertz CT molecular complexity index is 1310. The first-order chi connectivity index (χ1) is 16.9. The molecule has 188 valence electrons. The van der Waals surface area contributed by atoms with Crippen molar-refractivity contribution in [2.75, 3.05) is 16.0 Å². The molecular weight excluding hydrogens is 495 g/mol. The monoisotopic (exact) mass is 517 g/mol. The molecule has 8 nitrogen and oxygen atoms in total. The Hall–Kier alpha value is -3.91. The smallest absolute Gasteiger partial charge is 0.324 e. The van der Waals surface area contributed by atoms with E-state index in [2.05, 4.69) is 37.0 Å². The molecular formula is C24H23ClF3N7O. The number of alkyl halides is 3. The number of hydrogen-bond acceptors (Lipinski definition) is 6. The number of halogens is 4. The summed E-state index contributed by atoms with van der Waals surface area (Å²) in [5, 5.41) is 16.5. The first-order valence-corrected chi connectivity index (χ1v) is 11.2. The highest BCUT2D eigenvalue weighted by molar-refractivity contribution is 6.31. The number of anilines is 4. The maximum Gasteiger partial charge on any atom is 0.417 e. The van der Waals surface area contributed by atoms with Crippen LogP contribution in [0.15, 0.2) is 36.4 Å². The second-order valence-electron chi connectivity index (χ2n) is 8.22. The van der Waals surface area contributed by atoms with Gasteiger partial charge in [-0.25, -0.2) is 9.78 Å². The van der Waals surface area contributed by atoms with E-state index < -0.39 is 22.8 Å². The first-order valence-electron chi connectivity index (χ1n) is 10.9. The highest BCUT2D eigenvalue weighted by atomic mass is 35.5. The van der Waals surface area contributed by atoms with E-state index in [-0.39, 0.29) is 11.6 Å². The average molecular weight is 518 g/mol. The van der Waals surface area contributed by atoms with Gasteiger partial charge in [0, 0.05) is 29.9 Å². The molecule has 36 heavy (non-hydrogen) atoms. The van der Waals surface area contributed by atoms with Gasteiger partial charge in [-0.1, -0.05) is 24.6 Å². The number of amides is 2. The van der Waals surface area contributed by atoms with Crippen LogP contribution in [-0.4, -0.2) is 21.0 Å². The number of urea groups is 1. The first kappa shape index (κ1) is 26.7. The van der Waals surface area contributed by atoms with Crippen LogP contribution in [0, 0.1) is 31.1 Å². The van der Waals surface area contributed by atoms with E-state index >= 15 is 0 Å². The van der Waals surface area contributed by atoms with E-state index in [1.807, 2.05) is 13.8 Å². The van der Waals surface area contributed by atoms with Crippen molar-refractivity contribution < 1.29 is 18.0 Å². The average Bonchev–Trinajstić information content (AvgIpc) is 2.76. The van der Waals surface area contributed by atoms with E-state index in [9.17, 15) is 18.0 Å². The Kier molecular flexibility index (Phi) is 8.32. The molecule has 3 aromatic rings. The van der Waals surface area contributed by atoms with Crippen molar-refractivity contribution in [3.63, 3.8) is 0 Å². The van der Waals surface area contributed by atoms with Gasteiger partial charge in [0.05, 0.1) is 16.7 Å². The molecule has 0 saturated heterocycles. The van der Waals surface area contributed by atoms with Crippen molar-refractivity contribution in [2.45, 2.75) is 39.8 Å². The van der Waals surface area contributed by atoms with Crippen LogP contribution in [0.3, 0.4) is 0 Å². The Morgan fingerprint density at radius 2 is 1.75 bits per heavy atom. The van der Waals surface area contributed by atoms with E-state index in [0.29, 0.717) is 41.8 Å². The number of rotatable bonds is 7. The molecule has 0 aliphatic heterocycles. The minimum absolute atomic E-state index is 0.0616. The standard InChI is InChI=1S/C24H23ClF3N7O/c1-13(8-9-29)10-21-30-15(3)31-22(35-21)34-20-12-17(5-4-14(20)2)33-23(36)32-16-6-7-19(25)18(11-16)24(26,27)28/h4-7,11-13H,8,10H2,1-3H3,(H2,32,33,36)(H,30,31,34,35).